The smallest absolute Gasteiger partial charge is 0.382 e. The molecule has 9 nitrogen and oxygen atoms in total. The zero-order valence-electron chi connectivity index (χ0n) is 11.0. The lowest BCUT2D eigenvalue weighted by atomic mass is 10.2. The van der Waals surface area contributed by atoms with Crippen LogP contribution in [0.3, 0.4) is 0 Å². The molecule has 4 rings (SSSR count). The van der Waals surface area contributed by atoms with Crippen LogP contribution in [0.25, 0.3) is 0 Å². The number of nitrogens with two attached hydrogens (primary N) is 1. The van der Waals surface area contributed by atoms with Gasteiger partial charge in [-0.1, -0.05) is 0 Å². The minimum absolute atomic E-state index is 0.224. The van der Waals surface area contributed by atoms with Crippen molar-refractivity contribution in [1.82, 2.24) is 9.97 Å². The molecule has 4 atom stereocenters. The second-order valence-electron chi connectivity index (χ2n) is 5.13. The van der Waals surface area contributed by atoms with E-state index < -0.39 is 7.82 Å². The molecule has 0 aromatic carbocycles. The first-order valence-corrected chi connectivity index (χ1v) is 8.18. The SMILES string of the molecule is [B][P+]1(O)OCC2OC(N3CNc4c(N)ncnc43)C[C@@H]2O1. The van der Waals surface area contributed by atoms with E-state index in [1.807, 2.05) is 4.90 Å². The highest BCUT2D eigenvalue weighted by Crippen LogP contribution is 2.58. The Kier molecular flexibility index (Phi) is 2.99. The van der Waals surface area contributed by atoms with E-state index in [0.717, 1.165) is 0 Å². The van der Waals surface area contributed by atoms with Crippen LogP contribution in [0.15, 0.2) is 6.33 Å². The Balaban J connectivity index is 1.54. The van der Waals surface area contributed by atoms with Crippen molar-refractivity contribution in [3.8, 4) is 0 Å². The minimum Gasteiger partial charge on any atom is -0.382 e. The second kappa shape index (κ2) is 4.66. The topological polar surface area (TPSA) is 115 Å². The maximum atomic E-state index is 9.69. The number of hydrogen-bond donors (Lipinski definition) is 3. The fourth-order valence-corrected chi connectivity index (χ4v) is 3.84. The Bertz CT molecular complexity index is 578. The Hall–Kier alpha value is -1.19. The first kappa shape index (κ1) is 13.5. The van der Waals surface area contributed by atoms with Crippen LogP contribution in [0, 0.1) is 0 Å². The molecule has 4 heterocycles. The van der Waals surface area contributed by atoms with Gasteiger partial charge in [0.1, 0.15) is 37.1 Å². The fraction of sp³-hybridized carbons (Fsp3) is 0.600. The lowest BCUT2D eigenvalue weighted by Gasteiger charge is -2.27. The monoisotopic (exact) mass is 310 g/mol. The highest BCUT2D eigenvalue weighted by molar-refractivity contribution is 7.85. The van der Waals surface area contributed by atoms with Gasteiger partial charge in [-0.25, -0.2) is 14.9 Å². The number of anilines is 3. The zero-order chi connectivity index (χ0) is 14.6. The number of nitrogens with one attached hydrogen (secondary N) is 1. The Labute approximate surface area is 122 Å². The molecule has 2 fully saturated rings. The minimum atomic E-state index is -3.20. The number of fused-ring (bicyclic) bond motifs is 2. The Morgan fingerprint density at radius 2 is 2.33 bits per heavy atom. The fourth-order valence-electron chi connectivity index (χ4n) is 2.81. The van der Waals surface area contributed by atoms with Crippen LogP contribution in [-0.4, -0.2) is 54.1 Å². The van der Waals surface area contributed by atoms with Crippen molar-refractivity contribution in [2.24, 2.45) is 0 Å². The van der Waals surface area contributed by atoms with Crippen molar-refractivity contribution in [2.45, 2.75) is 24.9 Å². The van der Waals surface area contributed by atoms with Crippen LogP contribution >= 0.6 is 7.82 Å². The van der Waals surface area contributed by atoms with Gasteiger partial charge in [0.05, 0.1) is 6.67 Å². The number of nitrogen functional groups attached to an aromatic ring is 1. The van der Waals surface area contributed by atoms with E-state index >= 15 is 0 Å². The first-order valence-electron chi connectivity index (χ1n) is 6.53. The molecule has 0 amide bonds. The van der Waals surface area contributed by atoms with Crippen molar-refractivity contribution in [3.63, 3.8) is 0 Å². The number of nitrogens with zero attached hydrogens (tertiary/aromatic N) is 3. The van der Waals surface area contributed by atoms with E-state index in [0.29, 0.717) is 30.4 Å². The summed E-state index contributed by atoms with van der Waals surface area (Å²) in [7, 11) is 2.33. The van der Waals surface area contributed by atoms with Crippen molar-refractivity contribution in [1.29, 1.82) is 0 Å². The number of hydrogen-bond acceptors (Lipinski definition) is 9. The Morgan fingerprint density at radius 1 is 1.48 bits per heavy atom. The molecule has 3 aliphatic heterocycles. The highest BCUT2D eigenvalue weighted by atomic mass is 31.2. The van der Waals surface area contributed by atoms with Crippen LogP contribution in [0.5, 0.6) is 0 Å². The molecule has 4 N–H and O–H groups in total. The molecule has 21 heavy (non-hydrogen) atoms. The van der Waals surface area contributed by atoms with Crippen LogP contribution in [-0.2, 0) is 13.8 Å². The maximum absolute atomic E-state index is 9.69. The summed E-state index contributed by atoms with van der Waals surface area (Å²) in [6, 6.07) is 0. The zero-order valence-corrected chi connectivity index (χ0v) is 11.9. The quantitative estimate of drug-likeness (QED) is 0.471. The molecule has 0 aliphatic carbocycles. The summed E-state index contributed by atoms with van der Waals surface area (Å²) >= 11 is 0. The third kappa shape index (κ3) is 2.23. The normalized spacial score (nSPS) is 38.0. The van der Waals surface area contributed by atoms with Crippen LogP contribution < -0.4 is 16.0 Å². The molecule has 3 unspecified atom stereocenters. The molecule has 0 bridgehead atoms. The molecule has 2 radical (unpaired) electrons. The van der Waals surface area contributed by atoms with Gasteiger partial charge in [0.25, 0.3) is 0 Å². The van der Waals surface area contributed by atoms with E-state index in [4.69, 9.17) is 27.1 Å². The second-order valence-corrected chi connectivity index (χ2v) is 6.73. The van der Waals surface area contributed by atoms with E-state index in [-0.39, 0.29) is 25.0 Å². The lowest BCUT2D eigenvalue weighted by Crippen LogP contribution is -2.36. The summed E-state index contributed by atoms with van der Waals surface area (Å²) in [5.41, 5.74) is 6.52. The van der Waals surface area contributed by atoms with E-state index in [2.05, 4.69) is 15.3 Å². The van der Waals surface area contributed by atoms with Crippen molar-refractivity contribution in [3.05, 3.63) is 6.33 Å². The maximum Gasteiger partial charge on any atom is 0.488 e. The average molecular weight is 310 g/mol. The predicted octanol–water partition coefficient (Wildman–Crippen LogP) is -0.383. The van der Waals surface area contributed by atoms with Crippen molar-refractivity contribution >= 4 is 32.7 Å². The van der Waals surface area contributed by atoms with Gasteiger partial charge < -0.3 is 20.7 Å². The molecule has 1 aromatic rings. The summed E-state index contributed by atoms with van der Waals surface area (Å²) in [5, 5.41) is 3.15. The molecule has 1 aromatic heterocycles. The van der Waals surface area contributed by atoms with E-state index in [1.165, 1.54) is 6.33 Å². The van der Waals surface area contributed by atoms with E-state index in [1.54, 1.807) is 0 Å². The third-order valence-corrected chi connectivity index (χ3v) is 4.89. The third-order valence-electron chi connectivity index (χ3n) is 3.79. The number of aromatic nitrogens is 2. The van der Waals surface area contributed by atoms with Gasteiger partial charge in [-0.3, -0.25) is 0 Å². The molecule has 0 spiro atoms. The summed E-state index contributed by atoms with van der Waals surface area (Å²) in [5.74, 6) is 1.10. The largest absolute Gasteiger partial charge is 0.488 e. The van der Waals surface area contributed by atoms with Gasteiger partial charge in [-0.15, -0.1) is 0 Å². The molecule has 2 saturated heterocycles. The molecule has 0 saturated carbocycles. The number of rotatable bonds is 1. The average Bonchev–Trinajstić information content (AvgIpc) is 3.01. The molecule has 11 heteroatoms. The molecule has 110 valence electrons. The molecular weight excluding hydrogens is 296 g/mol. The molecule has 3 aliphatic rings. The Morgan fingerprint density at radius 3 is 3.19 bits per heavy atom. The number of ether oxygens (including phenoxy) is 1. The van der Waals surface area contributed by atoms with Crippen LogP contribution in [0.4, 0.5) is 17.3 Å². The van der Waals surface area contributed by atoms with E-state index in [9.17, 15) is 4.89 Å². The van der Waals surface area contributed by atoms with Crippen molar-refractivity contribution in [2.75, 3.05) is 29.2 Å². The van der Waals surface area contributed by atoms with Crippen LogP contribution in [0.2, 0.25) is 0 Å². The summed E-state index contributed by atoms with van der Waals surface area (Å²) in [6.45, 7) is 0.743. The van der Waals surface area contributed by atoms with Crippen molar-refractivity contribution < 1.29 is 18.7 Å². The van der Waals surface area contributed by atoms with Gasteiger partial charge in [0.15, 0.2) is 11.6 Å². The van der Waals surface area contributed by atoms with Gasteiger partial charge >= 0.3 is 15.4 Å². The van der Waals surface area contributed by atoms with Crippen LogP contribution in [0.1, 0.15) is 6.42 Å². The lowest BCUT2D eigenvalue weighted by molar-refractivity contribution is -0.0429. The summed E-state index contributed by atoms with van der Waals surface area (Å²) < 4.78 is 16.4. The van der Waals surface area contributed by atoms with Gasteiger partial charge in [0.2, 0.25) is 0 Å². The molecular formula is C10H14BN5O4P+. The highest BCUT2D eigenvalue weighted by Gasteiger charge is 2.53. The summed E-state index contributed by atoms with van der Waals surface area (Å²) in [6.07, 6.45) is 1.21. The summed E-state index contributed by atoms with van der Waals surface area (Å²) in [4.78, 5) is 19.8. The first-order chi connectivity index (χ1) is 10.0. The van der Waals surface area contributed by atoms with Gasteiger partial charge in [-0.2, -0.15) is 9.05 Å². The van der Waals surface area contributed by atoms with Gasteiger partial charge in [0, 0.05) is 6.42 Å². The standard InChI is InChI=1S/C10H14BN5O4P/c11-21(17)18-2-6-5(20-21)1-7(19-6)16-4-15-8-9(12)13-3-14-10(8)16/h3,5-7,15,17H,1-2,4H2,(H2,12,13,14)/q+1/t5-,6?,7?,21?/m0/s1. The predicted molar refractivity (Wildman–Crippen MR) is 76.4 cm³/mol. The van der Waals surface area contributed by atoms with Gasteiger partial charge in [-0.05, 0) is 0 Å².